The third kappa shape index (κ3) is 3.93. The van der Waals surface area contributed by atoms with Crippen molar-refractivity contribution in [1.82, 2.24) is 0 Å². The van der Waals surface area contributed by atoms with Gasteiger partial charge in [-0.1, -0.05) is 42.5 Å². The van der Waals surface area contributed by atoms with Crippen molar-refractivity contribution in [3.8, 4) is 11.1 Å². The first-order valence-electron chi connectivity index (χ1n) is 6.45. The Bertz CT molecular complexity index is 520. The maximum Gasteiger partial charge on any atom is 0.224 e. The van der Waals surface area contributed by atoms with Crippen LogP contribution in [0.2, 0.25) is 0 Å². The van der Waals surface area contributed by atoms with E-state index >= 15 is 0 Å². The highest BCUT2D eigenvalue weighted by molar-refractivity contribution is 5.90. The Labute approximate surface area is 113 Å². The van der Waals surface area contributed by atoms with Gasteiger partial charge in [-0.25, -0.2) is 0 Å². The van der Waals surface area contributed by atoms with E-state index in [9.17, 15) is 4.79 Å². The maximum atomic E-state index is 11.6. The molecule has 3 heteroatoms. The summed E-state index contributed by atoms with van der Waals surface area (Å²) in [7, 11) is 0. The Balaban J connectivity index is 2.01. The Kier molecular flexibility index (Phi) is 4.70. The molecule has 1 amide bonds. The van der Waals surface area contributed by atoms with Crippen LogP contribution in [0.25, 0.3) is 11.1 Å². The molecule has 0 unspecified atom stereocenters. The van der Waals surface area contributed by atoms with Crippen LogP contribution in [0.5, 0.6) is 0 Å². The van der Waals surface area contributed by atoms with Gasteiger partial charge in [0.25, 0.3) is 0 Å². The number of nitrogens with one attached hydrogen (secondary N) is 1. The van der Waals surface area contributed by atoms with Crippen LogP contribution in [0.1, 0.15) is 12.8 Å². The average molecular weight is 254 g/mol. The third-order valence-electron chi connectivity index (χ3n) is 2.88. The molecule has 0 atom stereocenters. The van der Waals surface area contributed by atoms with E-state index in [0.29, 0.717) is 19.4 Å². The molecule has 0 aromatic heterocycles. The molecule has 0 aliphatic carbocycles. The highest BCUT2D eigenvalue weighted by atomic mass is 16.1. The minimum atomic E-state index is 0.0120. The lowest BCUT2D eigenvalue weighted by atomic mass is 10.1. The van der Waals surface area contributed by atoms with E-state index in [2.05, 4.69) is 17.4 Å². The molecule has 0 aliphatic rings. The van der Waals surface area contributed by atoms with Gasteiger partial charge in [0.05, 0.1) is 0 Å². The topological polar surface area (TPSA) is 55.1 Å². The first-order valence-corrected chi connectivity index (χ1v) is 6.45. The monoisotopic (exact) mass is 254 g/mol. The van der Waals surface area contributed by atoms with Crippen LogP contribution >= 0.6 is 0 Å². The predicted molar refractivity (Wildman–Crippen MR) is 78.8 cm³/mol. The molecule has 98 valence electrons. The van der Waals surface area contributed by atoms with Crippen LogP contribution in [0.15, 0.2) is 54.6 Å². The number of benzene rings is 2. The van der Waals surface area contributed by atoms with Crippen LogP contribution in [0.3, 0.4) is 0 Å². The number of anilines is 1. The molecule has 0 heterocycles. The molecule has 2 aromatic rings. The first-order chi connectivity index (χ1) is 9.29. The van der Waals surface area contributed by atoms with E-state index in [4.69, 9.17) is 5.73 Å². The molecule has 0 spiro atoms. The molecule has 0 radical (unpaired) electrons. The smallest absolute Gasteiger partial charge is 0.224 e. The molecule has 0 saturated carbocycles. The minimum absolute atomic E-state index is 0.0120. The van der Waals surface area contributed by atoms with Crippen molar-refractivity contribution >= 4 is 11.6 Å². The summed E-state index contributed by atoms with van der Waals surface area (Å²) in [4.78, 5) is 11.6. The summed E-state index contributed by atoms with van der Waals surface area (Å²) in [6, 6.07) is 18.0. The lowest BCUT2D eigenvalue weighted by Crippen LogP contribution is -2.13. The largest absolute Gasteiger partial charge is 0.330 e. The van der Waals surface area contributed by atoms with E-state index in [-0.39, 0.29) is 5.91 Å². The molecule has 0 bridgehead atoms. The third-order valence-corrected chi connectivity index (χ3v) is 2.88. The van der Waals surface area contributed by atoms with Crippen molar-refractivity contribution in [2.45, 2.75) is 12.8 Å². The van der Waals surface area contributed by atoms with Crippen LogP contribution in [0, 0.1) is 0 Å². The molecule has 2 rings (SSSR count). The Morgan fingerprint density at radius 3 is 2.21 bits per heavy atom. The second kappa shape index (κ2) is 6.71. The van der Waals surface area contributed by atoms with Crippen LogP contribution in [0.4, 0.5) is 5.69 Å². The molecule has 2 aromatic carbocycles. The van der Waals surface area contributed by atoms with Gasteiger partial charge >= 0.3 is 0 Å². The molecule has 0 aliphatic heterocycles. The molecule has 0 saturated heterocycles. The fourth-order valence-electron chi connectivity index (χ4n) is 1.86. The van der Waals surface area contributed by atoms with Crippen LogP contribution in [-0.4, -0.2) is 12.5 Å². The van der Waals surface area contributed by atoms with E-state index < -0.39 is 0 Å². The van der Waals surface area contributed by atoms with Gasteiger partial charge in [-0.2, -0.15) is 0 Å². The summed E-state index contributed by atoms with van der Waals surface area (Å²) < 4.78 is 0. The lowest BCUT2D eigenvalue weighted by Gasteiger charge is -2.06. The summed E-state index contributed by atoms with van der Waals surface area (Å²) >= 11 is 0. The van der Waals surface area contributed by atoms with Crippen molar-refractivity contribution in [2.75, 3.05) is 11.9 Å². The highest BCUT2D eigenvalue weighted by Crippen LogP contribution is 2.20. The Morgan fingerprint density at radius 2 is 1.58 bits per heavy atom. The van der Waals surface area contributed by atoms with Gasteiger partial charge in [0.15, 0.2) is 0 Å². The lowest BCUT2D eigenvalue weighted by molar-refractivity contribution is -0.116. The van der Waals surface area contributed by atoms with Crippen molar-refractivity contribution < 1.29 is 4.79 Å². The minimum Gasteiger partial charge on any atom is -0.330 e. The number of hydrogen-bond acceptors (Lipinski definition) is 2. The van der Waals surface area contributed by atoms with Crippen molar-refractivity contribution in [2.24, 2.45) is 5.73 Å². The number of hydrogen-bond donors (Lipinski definition) is 2. The average Bonchev–Trinajstić information content (AvgIpc) is 2.47. The summed E-state index contributed by atoms with van der Waals surface area (Å²) in [5.41, 5.74) is 8.50. The quantitative estimate of drug-likeness (QED) is 0.861. The van der Waals surface area contributed by atoms with Gasteiger partial charge in [0, 0.05) is 12.1 Å². The Hall–Kier alpha value is -2.13. The number of nitrogens with two attached hydrogens (primary N) is 1. The molecule has 0 fully saturated rings. The van der Waals surface area contributed by atoms with Gasteiger partial charge < -0.3 is 11.1 Å². The van der Waals surface area contributed by atoms with E-state index in [1.54, 1.807) is 0 Å². The predicted octanol–water partition coefficient (Wildman–Crippen LogP) is 3.03. The second-order valence-electron chi connectivity index (χ2n) is 4.38. The second-order valence-corrected chi connectivity index (χ2v) is 4.38. The zero-order valence-corrected chi connectivity index (χ0v) is 10.8. The van der Waals surface area contributed by atoms with Gasteiger partial charge in [-0.15, -0.1) is 0 Å². The number of amides is 1. The standard InChI is InChI=1S/C16H18N2O/c17-12-4-7-16(19)18-15-10-8-14(9-11-15)13-5-2-1-3-6-13/h1-3,5-6,8-11H,4,7,12,17H2,(H,18,19). The van der Waals surface area contributed by atoms with Crippen molar-refractivity contribution in [3.05, 3.63) is 54.6 Å². The van der Waals surface area contributed by atoms with E-state index in [1.807, 2.05) is 42.5 Å². The SMILES string of the molecule is NCCCC(=O)Nc1ccc(-c2ccccc2)cc1. The van der Waals surface area contributed by atoms with Crippen LogP contribution in [-0.2, 0) is 4.79 Å². The highest BCUT2D eigenvalue weighted by Gasteiger charge is 2.02. The van der Waals surface area contributed by atoms with Crippen LogP contribution < -0.4 is 11.1 Å². The summed E-state index contributed by atoms with van der Waals surface area (Å²) in [5.74, 6) is 0.0120. The number of carbonyl (C=O) groups excluding carboxylic acids is 1. The van der Waals surface area contributed by atoms with Gasteiger partial charge in [-0.3, -0.25) is 4.79 Å². The number of carbonyl (C=O) groups is 1. The summed E-state index contributed by atoms with van der Waals surface area (Å²) in [5, 5.41) is 2.86. The molecule has 19 heavy (non-hydrogen) atoms. The molecular formula is C16H18N2O. The summed E-state index contributed by atoms with van der Waals surface area (Å²) in [6.07, 6.45) is 1.19. The Morgan fingerprint density at radius 1 is 0.947 bits per heavy atom. The maximum absolute atomic E-state index is 11.6. The van der Waals surface area contributed by atoms with E-state index in [1.165, 1.54) is 5.56 Å². The van der Waals surface area contributed by atoms with E-state index in [0.717, 1.165) is 11.3 Å². The normalized spacial score (nSPS) is 10.2. The molecule has 3 nitrogen and oxygen atoms in total. The first kappa shape index (κ1) is 13.3. The molecular weight excluding hydrogens is 236 g/mol. The van der Waals surface area contributed by atoms with Crippen molar-refractivity contribution in [3.63, 3.8) is 0 Å². The fourth-order valence-corrected chi connectivity index (χ4v) is 1.86. The fraction of sp³-hybridized carbons (Fsp3) is 0.188. The van der Waals surface area contributed by atoms with Gasteiger partial charge in [0.2, 0.25) is 5.91 Å². The zero-order chi connectivity index (χ0) is 13.5. The molecule has 3 N–H and O–H groups in total. The zero-order valence-electron chi connectivity index (χ0n) is 10.8. The van der Waals surface area contributed by atoms with Gasteiger partial charge in [-0.05, 0) is 36.2 Å². The number of rotatable bonds is 5. The van der Waals surface area contributed by atoms with Crippen molar-refractivity contribution in [1.29, 1.82) is 0 Å². The van der Waals surface area contributed by atoms with Gasteiger partial charge in [0.1, 0.15) is 0 Å². The summed E-state index contributed by atoms with van der Waals surface area (Å²) in [6.45, 7) is 0.542.